The lowest BCUT2D eigenvalue weighted by molar-refractivity contribution is 0.355. The zero-order valence-corrected chi connectivity index (χ0v) is 12.9. The van der Waals surface area contributed by atoms with Gasteiger partial charge in [-0.25, -0.2) is 4.98 Å². The molecule has 1 heterocycles. The largest absolute Gasteiger partial charge is 0.481 e. The molecule has 5 nitrogen and oxygen atoms in total. The van der Waals surface area contributed by atoms with Crippen LogP contribution in [0.3, 0.4) is 0 Å². The molecule has 0 radical (unpaired) electrons. The molecule has 0 aromatic carbocycles. The number of nitrogens with one attached hydrogen (secondary N) is 1. The molecular weight excluding hydrogens is 240 g/mol. The Bertz CT molecular complexity index is 383. The molecule has 0 aliphatic carbocycles. The van der Waals surface area contributed by atoms with Crippen LogP contribution in [0.2, 0.25) is 0 Å². The maximum Gasteiger partial charge on any atom is 0.218 e. The summed E-state index contributed by atoms with van der Waals surface area (Å²) in [6.45, 7) is 7.31. The van der Waals surface area contributed by atoms with Gasteiger partial charge in [-0.05, 0) is 33.4 Å². The van der Waals surface area contributed by atoms with Gasteiger partial charge in [-0.3, -0.25) is 0 Å². The predicted molar refractivity (Wildman–Crippen MR) is 78.7 cm³/mol. The van der Waals surface area contributed by atoms with E-state index in [2.05, 4.69) is 48.1 Å². The lowest BCUT2D eigenvalue weighted by Crippen LogP contribution is -2.33. The molecule has 108 valence electrons. The fourth-order valence-corrected chi connectivity index (χ4v) is 2.12. The van der Waals surface area contributed by atoms with E-state index < -0.39 is 0 Å². The Kier molecular flexibility index (Phi) is 6.02. The summed E-state index contributed by atoms with van der Waals surface area (Å²) in [7, 11) is 5.79. The Labute approximate surface area is 116 Å². The smallest absolute Gasteiger partial charge is 0.218 e. The summed E-state index contributed by atoms with van der Waals surface area (Å²) in [4.78, 5) is 10.8. The van der Waals surface area contributed by atoms with E-state index in [0.29, 0.717) is 17.8 Å². The van der Waals surface area contributed by atoms with Crippen LogP contribution < -0.4 is 10.1 Å². The average Bonchev–Trinajstić information content (AvgIpc) is 2.26. The standard InChI is InChI=1S/C14H26N4O/c1-10(2)7-12(9-18(4)5)17-13-8-14(19-6)16-11(3)15-13/h8,10,12H,7,9H2,1-6H3,(H,15,16,17). The topological polar surface area (TPSA) is 50.3 Å². The van der Waals surface area contributed by atoms with Crippen LogP contribution in [0.5, 0.6) is 5.88 Å². The van der Waals surface area contributed by atoms with Gasteiger partial charge in [0.25, 0.3) is 0 Å². The van der Waals surface area contributed by atoms with Gasteiger partial charge in [0.1, 0.15) is 11.6 Å². The number of anilines is 1. The van der Waals surface area contributed by atoms with E-state index in [0.717, 1.165) is 24.6 Å². The van der Waals surface area contributed by atoms with E-state index in [9.17, 15) is 0 Å². The van der Waals surface area contributed by atoms with Gasteiger partial charge < -0.3 is 15.0 Å². The van der Waals surface area contributed by atoms with Crippen molar-refractivity contribution in [2.75, 3.05) is 33.1 Å². The Morgan fingerprint density at radius 2 is 2.00 bits per heavy atom. The maximum absolute atomic E-state index is 5.18. The Balaban J connectivity index is 2.79. The molecule has 1 aromatic heterocycles. The predicted octanol–water partition coefficient (Wildman–Crippen LogP) is 2.18. The van der Waals surface area contributed by atoms with Crippen LogP contribution in [0.15, 0.2) is 6.07 Å². The highest BCUT2D eigenvalue weighted by atomic mass is 16.5. The minimum atomic E-state index is 0.369. The molecule has 1 unspecified atom stereocenters. The van der Waals surface area contributed by atoms with Crippen LogP contribution in [0.25, 0.3) is 0 Å². The second-order valence-corrected chi connectivity index (χ2v) is 5.58. The molecule has 19 heavy (non-hydrogen) atoms. The number of methoxy groups -OCH3 is 1. The zero-order chi connectivity index (χ0) is 14.4. The zero-order valence-electron chi connectivity index (χ0n) is 12.9. The second-order valence-electron chi connectivity index (χ2n) is 5.58. The normalized spacial score (nSPS) is 12.8. The number of rotatable bonds is 7. The minimum Gasteiger partial charge on any atom is -0.481 e. The van der Waals surface area contributed by atoms with Crippen molar-refractivity contribution in [1.82, 2.24) is 14.9 Å². The summed E-state index contributed by atoms with van der Waals surface area (Å²) < 4.78 is 5.18. The molecule has 0 saturated carbocycles. The average molecular weight is 266 g/mol. The quantitative estimate of drug-likeness (QED) is 0.820. The first kappa shape index (κ1) is 15.7. The Morgan fingerprint density at radius 3 is 2.53 bits per heavy atom. The van der Waals surface area contributed by atoms with Crippen molar-refractivity contribution in [2.45, 2.75) is 33.2 Å². The van der Waals surface area contributed by atoms with Gasteiger partial charge in [-0.1, -0.05) is 13.8 Å². The highest BCUT2D eigenvalue weighted by Crippen LogP contribution is 2.16. The van der Waals surface area contributed by atoms with Crippen molar-refractivity contribution in [3.63, 3.8) is 0 Å². The first-order valence-electron chi connectivity index (χ1n) is 6.71. The van der Waals surface area contributed by atoms with E-state index in [-0.39, 0.29) is 0 Å². The minimum absolute atomic E-state index is 0.369. The number of likely N-dealkylation sites (N-methyl/N-ethyl adjacent to an activating group) is 1. The van der Waals surface area contributed by atoms with Gasteiger partial charge in [0.05, 0.1) is 7.11 Å². The lowest BCUT2D eigenvalue weighted by atomic mass is 10.0. The van der Waals surface area contributed by atoms with E-state index in [4.69, 9.17) is 4.74 Å². The fourth-order valence-electron chi connectivity index (χ4n) is 2.12. The Morgan fingerprint density at radius 1 is 1.32 bits per heavy atom. The highest BCUT2D eigenvalue weighted by molar-refractivity contribution is 5.39. The van der Waals surface area contributed by atoms with Gasteiger partial charge >= 0.3 is 0 Å². The van der Waals surface area contributed by atoms with Crippen LogP contribution in [0.1, 0.15) is 26.1 Å². The molecule has 0 aliphatic rings. The van der Waals surface area contributed by atoms with Crippen molar-refractivity contribution in [2.24, 2.45) is 5.92 Å². The summed E-state index contributed by atoms with van der Waals surface area (Å²) in [5.74, 6) is 2.79. The number of nitrogens with zero attached hydrogens (tertiary/aromatic N) is 3. The van der Waals surface area contributed by atoms with Crippen LogP contribution in [0, 0.1) is 12.8 Å². The summed E-state index contributed by atoms with van der Waals surface area (Å²) in [6.07, 6.45) is 1.10. The second kappa shape index (κ2) is 7.28. The van der Waals surface area contributed by atoms with E-state index in [1.807, 2.05) is 13.0 Å². The van der Waals surface area contributed by atoms with Gasteiger partial charge in [-0.2, -0.15) is 4.98 Å². The number of aromatic nitrogens is 2. The van der Waals surface area contributed by atoms with E-state index in [1.54, 1.807) is 7.11 Å². The molecule has 0 saturated heterocycles. The molecule has 0 aliphatic heterocycles. The van der Waals surface area contributed by atoms with Crippen LogP contribution in [-0.2, 0) is 0 Å². The third kappa shape index (κ3) is 5.87. The van der Waals surface area contributed by atoms with Gasteiger partial charge in [0.2, 0.25) is 5.88 Å². The van der Waals surface area contributed by atoms with Crippen LogP contribution >= 0.6 is 0 Å². The molecule has 1 rings (SSSR count). The van der Waals surface area contributed by atoms with Crippen molar-refractivity contribution >= 4 is 5.82 Å². The highest BCUT2D eigenvalue weighted by Gasteiger charge is 2.13. The first-order chi connectivity index (χ1) is 8.90. The third-order valence-electron chi connectivity index (χ3n) is 2.72. The molecular formula is C14H26N4O. The molecule has 1 N–H and O–H groups in total. The molecule has 0 fully saturated rings. The molecule has 0 amide bonds. The Hall–Kier alpha value is -1.36. The van der Waals surface area contributed by atoms with Gasteiger partial charge in [0.15, 0.2) is 0 Å². The van der Waals surface area contributed by atoms with E-state index in [1.165, 1.54) is 0 Å². The van der Waals surface area contributed by atoms with Crippen molar-refractivity contribution in [3.05, 3.63) is 11.9 Å². The molecule has 0 bridgehead atoms. The maximum atomic E-state index is 5.18. The molecule has 0 spiro atoms. The monoisotopic (exact) mass is 266 g/mol. The SMILES string of the molecule is COc1cc(NC(CC(C)C)CN(C)C)nc(C)n1. The number of hydrogen-bond donors (Lipinski definition) is 1. The van der Waals surface area contributed by atoms with Gasteiger partial charge in [0, 0.05) is 18.7 Å². The molecule has 1 atom stereocenters. The summed E-state index contributed by atoms with van der Waals surface area (Å²) in [6, 6.07) is 2.21. The first-order valence-corrected chi connectivity index (χ1v) is 6.71. The summed E-state index contributed by atoms with van der Waals surface area (Å²) in [5.41, 5.74) is 0. The fraction of sp³-hybridized carbons (Fsp3) is 0.714. The van der Waals surface area contributed by atoms with Crippen molar-refractivity contribution in [3.8, 4) is 5.88 Å². The van der Waals surface area contributed by atoms with Crippen LogP contribution in [-0.4, -0.2) is 48.7 Å². The summed E-state index contributed by atoms with van der Waals surface area (Å²) in [5, 5.41) is 3.48. The number of hydrogen-bond acceptors (Lipinski definition) is 5. The number of ether oxygens (including phenoxy) is 1. The van der Waals surface area contributed by atoms with Crippen LogP contribution in [0.4, 0.5) is 5.82 Å². The number of aryl methyl sites for hydroxylation is 1. The lowest BCUT2D eigenvalue weighted by Gasteiger charge is -2.24. The third-order valence-corrected chi connectivity index (χ3v) is 2.72. The van der Waals surface area contributed by atoms with Gasteiger partial charge in [-0.15, -0.1) is 0 Å². The van der Waals surface area contributed by atoms with Crippen molar-refractivity contribution in [1.29, 1.82) is 0 Å². The summed E-state index contributed by atoms with van der Waals surface area (Å²) >= 11 is 0. The van der Waals surface area contributed by atoms with E-state index >= 15 is 0 Å². The molecule has 1 aromatic rings. The molecule has 5 heteroatoms. The van der Waals surface area contributed by atoms with Crippen molar-refractivity contribution < 1.29 is 4.74 Å².